The molecule has 0 radical (unpaired) electrons. The quantitative estimate of drug-likeness (QED) is 0.812. The summed E-state index contributed by atoms with van der Waals surface area (Å²) in [5, 5.41) is 0.524. The van der Waals surface area contributed by atoms with Gasteiger partial charge in [0.2, 0.25) is 5.91 Å². The Morgan fingerprint density at radius 2 is 1.90 bits per heavy atom. The smallest absolute Gasteiger partial charge is 0.273 e. The number of thiophene rings is 1. The van der Waals surface area contributed by atoms with E-state index in [4.69, 9.17) is 11.6 Å². The van der Waals surface area contributed by atoms with Crippen LogP contribution in [0.4, 0.5) is 0 Å². The summed E-state index contributed by atoms with van der Waals surface area (Å²) < 4.78 is 0.852. The van der Waals surface area contributed by atoms with Crippen molar-refractivity contribution in [3.63, 3.8) is 0 Å². The van der Waals surface area contributed by atoms with Crippen LogP contribution in [0.1, 0.15) is 15.2 Å². The zero-order valence-electron chi connectivity index (χ0n) is 10.2. The summed E-state index contributed by atoms with van der Waals surface area (Å²) >= 11 is 10.5. The van der Waals surface area contributed by atoms with E-state index in [0.717, 1.165) is 3.79 Å². The predicted molar refractivity (Wildman–Crippen MR) is 82.8 cm³/mol. The molecule has 0 bridgehead atoms. The molecule has 0 aliphatic heterocycles. The minimum atomic E-state index is -0.354. The molecule has 1 aromatic heterocycles. The fourth-order valence-corrected chi connectivity index (χ4v) is 2.97. The van der Waals surface area contributed by atoms with Gasteiger partial charge in [-0.25, -0.2) is 0 Å². The van der Waals surface area contributed by atoms with Crippen LogP contribution >= 0.6 is 38.9 Å². The van der Waals surface area contributed by atoms with Crippen molar-refractivity contribution in [1.82, 2.24) is 10.9 Å². The number of halogens is 2. The second-order valence-corrected chi connectivity index (χ2v) is 6.74. The van der Waals surface area contributed by atoms with Crippen molar-refractivity contribution in [3.05, 3.63) is 55.6 Å². The number of amides is 2. The van der Waals surface area contributed by atoms with Crippen LogP contribution in [0.25, 0.3) is 0 Å². The normalized spacial score (nSPS) is 10.1. The molecule has 2 rings (SSSR count). The zero-order chi connectivity index (χ0) is 14.5. The van der Waals surface area contributed by atoms with Crippen LogP contribution in [0.5, 0.6) is 0 Å². The van der Waals surface area contributed by atoms with Gasteiger partial charge in [-0.2, -0.15) is 0 Å². The third-order valence-corrected chi connectivity index (χ3v) is 4.41. The van der Waals surface area contributed by atoms with Crippen molar-refractivity contribution >= 4 is 50.7 Å². The monoisotopic (exact) mass is 372 g/mol. The minimum absolute atomic E-state index is 0.105. The van der Waals surface area contributed by atoms with Crippen LogP contribution in [0, 0.1) is 0 Å². The zero-order valence-corrected chi connectivity index (χ0v) is 13.3. The molecular weight excluding hydrogens is 364 g/mol. The largest absolute Gasteiger partial charge is 0.279 e. The molecule has 0 fully saturated rings. The number of rotatable bonds is 3. The number of carbonyl (C=O) groups is 2. The van der Waals surface area contributed by atoms with Crippen LogP contribution in [0.2, 0.25) is 5.02 Å². The second kappa shape index (κ2) is 6.88. The molecule has 2 N–H and O–H groups in total. The molecule has 104 valence electrons. The van der Waals surface area contributed by atoms with E-state index in [1.165, 1.54) is 11.3 Å². The first-order valence-electron chi connectivity index (χ1n) is 5.64. The highest BCUT2D eigenvalue weighted by Gasteiger charge is 2.10. The van der Waals surface area contributed by atoms with E-state index >= 15 is 0 Å². The Hall–Kier alpha value is -1.37. The molecule has 1 heterocycles. The van der Waals surface area contributed by atoms with Gasteiger partial charge in [-0.3, -0.25) is 20.4 Å². The van der Waals surface area contributed by atoms with Gasteiger partial charge in [-0.1, -0.05) is 29.8 Å². The maximum absolute atomic E-state index is 11.7. The standard InChI is InChI=1S/C13H10BrClN2O2S/c14-11-6-5-10(20-11)13(19)17-16-12(18)7-8-3-1-2-4-9(8)15/h1-6H,7H2,(H,16,18)(H,17,19). The Kier molecular flexibility index (Phi) is 5.17. The van der Waals surface area contributed by atoms with E-state index in [1.54, 1.807) is 36.4 Å². The Morgan fingerprint density at radius 1 is 1.15 bits per heavy atom. The van der Waals surface area contributed by atoms with Gasteiger partial charge in [0.15, 0.2) is 0 Å². The summed E-state index contributed by atoms with van der Waals surface area (Å²) in [6.45, 7) is 0. The SMILES string of the molecule is O=C(Cc1ccccc1Cl)NNC(=O)c1ccc(Br)s1. The van der Waals surface area contributed by atoms with Crippen molar-refractivity contribution in [1.29, 1.82) is 0 Å². The molecule has 0 saturated heterocycles. The number of hydrogen-bond donors (Lipinski definition) is 2. The van der Waals surface area contributed by atoms with Gasteiger partial charge < -0.3 is 0 Å². The lowest BCUT2D eigenvalue weighted by atomic mass is 10.1. The van der Waals surface area contributed by atoms with Gasteiger partial charge in [0, 0.05) is 5.02 Å². The predicted octanol–water partition coefficient (Wildman–Crippen LogP) is 3.17. The minimum Gasteiger partial charge on any atom is -0.273 e. The molecular formula is C13H10BrClN2O2S. The highest BCUT2D eigenvalue weighted by molar-refractivity contribution is 9.11. The molecule has 0 aliphatic rings. The average Bonchev–Trinajstić information content (AvgIpc) is 2.85. The molecule has 0 unspecified atom stereocenters. The summed E-state index contributed by atoms with van der Waals surface area (Å²) in [5.41, 5.74) is 5.43. The van der Waals surface area contributed by atoms with E-state index in [1.807, 2.05) is 0 Å². The van der Waals surface area contributed by atoms with E-state index in [-0.39, 0.29) is 18.2 Å². The van der Waals surface area contributed by atoms with Gasteiger partial charge >= 0.3 is 0 Å². The molecule has 0 aliphatic carbocycles. The van der Waals surface area contributed by atoms with E-state index in [2.05, 4.69) is 26.8 Å². The number of benzene rings is 1. The average molecular weight is 374 g/mol. The molecule has 2 amide bonds. The summed E-state index contributed by atoms with van der Waals surface area (Å²) in [4.78, 5) is 23.9. The molecule has 20 heavy (non-hydrogen) atoms. The van der Waals surface area contributed by atoms with Crippen LogP contribution in [-0.2, 0) is 11.2 Å². The molecule has 0 spiro atoms. The Labute approximate surface area is 133 Å². The van der Waals surface area contributed by atoms with Gasteiger partial charge in [0.1, 0.15) is 0 Å². The fourth-order valence-electron chi connectivity index (χ4n) is 1.48. The lowest BCUT2D eigenvalue weighted by Crippen LogP contribution is -2.42. The van der Waals surface area contributed by atoms with Crippen molar-refractivity contribution in [2.45, 2.75) is 6.42 Å². The number of carbonyl (C=O) groups excluding carboxylic acids is 2. The Balaban J connectivity index is 1.87. The van der Waals surface area contributed by atoms with Gasteiger partial charge in [0.25, 0.3) is 5.91 Å². The van der Waals surface area contributed by atoms with E-state index in [9.17, 15) is 9.59 Å². The summed E-state index contributed by atoms with van der Waals surface area (Å²) in [5.74, 6) is -0.685. The topological polar surface area (TPSA) is 58.2 Å². The first kappa shape index (κ1) is 15.0. The molecule has 4 nitrogen and oxygen atoms in total. The molecule has 0 atom stereocenters. The molecule has 7 heteroatoms. The van der Waals surface area contributed by atoms with E-state index in [0.29, 0.717) is 15.5 Å². The third-order valence-electron chi connectivity index (χ3n) is 2.42. The van der Waals surface area contributed by atoms with Crippen molar-refractivity contribution in [2.24, 2.45) is 0 Å². The molecule has 0 saturated carbocycles. The number of hydrogen-bond acceptors (Lipinski definition) is 3. The highest BCUT2D eigenvalue weighted by Crippen LogP contribution is 2.21. The first-order chi connectivity index (χ1) is 9.56. The van der Waals surface area contributed by atoms with Crippen LogP contribution in [-0.4, -0.2) is 11.8 Å². The lowest BCUT2D eigenvalue weighted by Gasteiger charge is -2.07. The van der Waals surface area contributed by atoms with E-state index < -0.39 is 0 Å². The first-order valence-corrected chi connectivity index (χ1v) is 7.63. The second-order valence-electron chi connectivity index (χ2n) is 3.87. The van der Waals surface area contributed by atoms with Crippen molar-refractivity contribution < 1.29 is 9.59 Å². The fraction of sp³-hybridized carbons (Fsp3) is 0.0769. The highest BCUT2D eigenvalue weighted by atomic mass is 79.9. The summed E-state index contributed by atoms with van der Waals surface area (Å²) in [7, 11) is 0. The molecule has 2 aromatic rings. The third kappa shape index (κ3) is 4.06. The summed E-state index contributed by atoms with van der Waals surface area (Å²) in [6.07, 6.45) is 0.105. The Bertz CT molecular complexity index is 645. The van der Waals surface area contributed by atoms with Crippen LogP contribution in [0.15, 0.2) is 40.2 Å². The number of nitrogens with one attached hydrogen (secondary N) is 2. The van der Waals surface area contributed by atoms with Gasteiger partial charge in [-0.15, -0.1) is 11.3 Å². The molecule has 1 aromatic carbocycles. The summed E-state index contributed by atoms with van der Waals surface area (Å²) in [6, 6.07) is 10.5. The Morgan fingerprint density at radius 3 is 2.55 bits per heavy atom. The lowest BCUT2D eigenvalue weighted by molar-refractivity contribution is -0.121. The van der Waals surface area contributed by atoms with Gasteiger partial charge in [0.05, 0.1) is 15.1 Å². The van der Waals surface area contributed by atoms with Crippen molar-refractivity contribution in [3.8, 4) is 0 Å². The van der Waals surface area contributed by atoms with Crippen molar-refractivity contribution in [2.75, 3.05) is 0 Å². The maximum Gasteiger partial charge on any atom is 0.279 e. The van der Waals surface area contributed by atoms with Gasteiger partial charge in [-0.05, 0) is 39.7 Å². The van der Waals surface area contributed by atoms with Crippen LogP contribution < -0.4 is 10.9 Å². The van der Waals surface area contributed by atoms with Crippen LogP contribution in [0.3, 0.4) is 0 Å². The maximum atomic E-state index is 11.7. The number of hydrazine groups is 1.